The summed E-state index contributed by atoms with van der Waals surface area (Å²) in [5.41, 5.74) is 3.67. The number of nitrogens with zero attached hydrogens (tertiary/aromatic N) is 3. The Bertz CT molecular complexity index is 496. The van der Waals surface area contributed by atoms with Crippen molar-refractivity contribution >= 4 is 0 Å². The zero-order valence-corrected chi connectivity index (χ0v) is 11.2. The van der Waals surface area contributed by atoms with Gasteiger partial charge in [-0.3, -0.25) is 14.9 Å². The molecule has 0 amide bonds. The summed E-state index contributed by atoms with van der Waals surface area (Å²) >= 11 is 0. The second-order valence-electron chi connectivity index (χ2n) is 4.62. The number of aromatic nitrogens is 2. The average molecular weight is 241 g/mol. The van der Waals surface area contributed by atoms with Crippen molar-refractivity contribution in [3.8, 4) is 0 Å². The van der Waals surface area contributed by atoms with Crippen LogP contribution >= 0.6 is 0 Å². The van der Waals surface area contributed by atoms with Gasteiger partial charge in [0.05, 0.1) is 0 Å². The van der Waals surface area contributed by atoms with E-state index < -0.39 is 0 Å². The van der Waals surface area contributed by atoms with Gasteiger partial charge in [0.15, 0.2) is 0 Å². The molecule has 2 aromatic heterocycles. The zero-order chi connectivity index (χ0) is 13.0. The average Bonchev–Trinajstić information content (AvgIpc) is 2.41. The zero-order valence-electron chi connectivity index (χ0n) is 11.2. The van der Waals surface area contributed by atoms with Crippen LogP contribution in [0.15, 0.2) is 42.9 Å². The molecule has 18 heavy (non-hydrogen) atoms. The van der Waals surface area contributed by atoms with E-state index in [4.69, 9.17) is 0 Å². The molecule has 0 saturated heterocycles. The van der Waals surface area contributed by atoms with Crippen LogP contribution in [-0.4, -0.2) is 21.9 Å². The molecule has 0 aliphatic rings. The predicted molar refractivity (Wildman–Crippen MR) is 73.1 cm³/mol. The van der Waals surface area contributed by atoms with Crippen LogP contribution in [0, 0.1) is 6.92 Å². The molecule has 2 aromatic rings. The van der Waals surface area contributed by atoms with Crippen LogP contribution in [0.3, 0.4) is 0 Å². The molecule has 3 nitrogen and oxygen atoms in total. The number of hydrogen-bond donors (Lipinski definition) is 0. The van der Waals surface area contributed by atoms with Crippen molar-refractivity contribution in [2.45, 2.75) is 26.4 Å². The van der Waals surface area contributed by atoms with Gasteiger partial charge in [-0.05, 0) is 50.2 Å². The maximum Gasteiger partial charge on any atom is 0.0417 e. The number of rotatable bonds is 4. The van der Waals surface area contributed by atoms with Crippen LogP contribution in [0.25, 0.3) is 0 Å². The van der Waals surface area contributed by atoms with Crippen molar-refractivity contribution < 1.29 is 0 Å². The van der Waals surface area contributed by atoms with E-state index in [1.54, 1.807) is 0 Å². The molecule has 2 rings (SSSR count). The van der Waals surface area contributed by atoms with Crippen LogP contribution in [0.5, 0.6) is 0 Å². The highest BCUT2D eigenvalue weighted by Crippen LogP contribution is 2.20. The second kappa shape index (κ2) is 5.74. The minimum absolute atomic E-state index is 0.368. The molecular weight excluding hydrogens is 222 g/mol. The van der Waals surface area contributed by atoms with E-state index in [1.807, 2.05) is 24.7 Å². The summed E-state index contributed by atoms with van der Waals surface area (Å²) in [4.78, 5) is 10.7. The third-order valence-corrected chi connectivity index (χ3v) is 3.39. The Kier molecular flexibility index (Phi) is 4.05. The SMILES string of the molecule is Cc1ncccc1CN(C)C(C)c1ccncc1. The molecule has 0 spiro atoms. The van der Waals surface area contributed by atoms with E-state index >= 15 is 0 Å². The Hall–Kier alpha value is -1.74. The second-order valence-corrected chi connectivity index (χ2v) is 4.62. The predicted octanol–water partition coefficient (Wildman–Crippen LogP) is 2.98. The Morgan fingerprint density at radius 3 is 2.56 bits per heavy atom. The van der Waals surface area contributed by atoms with Crippen LogP contribution in [-0.2, 0) is 6.54 Å². The lowest BCUT2D eigenvalue weighted by Crippen LogP contribution is -2.22. The Morgan fingerprint density at radius 2 is 1.89 bits per heavy atom. The summed E-state index contributed by atoms with van der Waals surface area (Å²) < 4.78 is 0. The highest BCUT2D eigenvalue weighted by molar-refractivity contribution is 5.19. The molecule has 1 atom stereocenters. The lowest BCUT2D eigenvalue weighted by Gasteiger charge is -2.25. The van der Waals surface area contributed by atoms with E-state index in [0.29, 0.717) is 6.04 Å². The first-order valence-corrected chi connectivity index (χ1v) is 6.19. The van der Waals surface area contributed by atoms with Gasteiger partial charge in [0.2, 0.25) is 0 Å². The van der Waals surface area contributed by atoms with Crippen LogP contribution in [0.4, 0.5) is 0 Å². The van der Waals surface area contributed by atoms with Crippen molar-refractivity contribution in [3.05, 3.63) is 59.7 Å². The normalized spacial score (nSPS) is 12.7. The Morgan fingerprint density at radius 1 is 1.17 bits per heavy atom. The molecule has 94 valence electrons. The van der Waals surface area contributed by atoms with E-state index in [2.05, 4.69) is 54.0 Å². The topological polar surface area (TPSA) is 29.0 Å². The molecule has 1 unspecified atom stereocenters. The van der Waals surface area contributed by atoms with E-state index in [1.165, 1.54) is 11.1 Å². The van der Waals surface area contributed by atoms with Gasteiger partial charge in [0.25, 0.3) is 0 Å². The smallest absolute Gasteiger partial charge is 0.0417 e. The van der Waals surface area contributed by atoms with Crippen LogP contribution in [0.2, 0.25) is 0 Å². The van der Waals surface area contributed by atoms with Gasteiger partial charge >= 0.3 is 0 Å². The summed E-state index contributed by atoms with van der Waals surface area (Å²) in [6.45, 7) is 5.17. The molecule has 0 aromatic carbocycles. The molecule has 0 N–H and O–H groups in total. The third-order valence-electron chi connectivity index (χ3n) is 3.39. The third kappa shape index (κ3) is 2.93. The van der Waals surface area contributed by atoms with E-state index in [-0.39, 0.29) is 0 Å². The first-order valence-electron chi connectivity index (χ1n) is 6.19. The molecule has 0 radical (unpaired) electrons. The van der Waals surface area contributed by atoms with E-state index in [9.17, 15) is 0 Å². The molecule has 0 saturated carbocycles. The molecule has 3 heteroatoms. The van der Waals surface area contributed by atoms with Gasteiger partial charge in [-0.25, -0.2) is 0 Å². The van der Waals surface area contributed by atoms with Gasteiger partial charge in [0, 0.05) is 36.9 Å². The fourth-order valence-corrected chi connectivity index (χ4v) is 1.99. The monoisotopic (exact) mass is 241 g/mol. The van der Waals surface area contributed by atoms with Gasteiger partial charge < -0.3 is 0 Å². The fourth-order valence-electron chi connectivity index (χ4n) is 1.99. The standard InChI is InChI=1S/C15H19N3/c1-12-15(5-4-8-17-12)11-18(3)13(2)14-6-9-16-10-7-14/h4-10,13H,11H2,1-3H3. The van der Waals surface area contributed by atoms with Crippen molar-refractivity contribution in [3.63, 3.8) is 0 Å². The highest BCUT2D eigenvalue weighted by Gasteiger charge is 2.12. The fraction of sp³-hybridized carbons (Fsp3) is 0.333. The molecule has 2 heterocycles. The highest BCUT2D eigenvalue weighted by atomic mass is 15.1. The molecule has 0 aliphatic carbocycles. The minimum atomic E-state index is 0.368. The Balaban J connectivity index is 2.09. The maximum absolute atomic E-state index is 4.33. The summed E-state index contributed by atoms with van der Waals surface area (Å²) in [5.74, 6) is 0. The molecule has 0 fully saturated rings. The lowest BCUT2D eigenvalue weighted by atomic mass is 10.1. The molecular formula is C15H19N3. The number of pyridine rings is 2. The van der Waals surface area contributed by atoms with Crippen LogP contribution in [0.1, 0.15) is 29.8 Å². The lowest BCUT2D eigenvalue weighted by molar-refractivity contribution is 0.252. The van der Waals surface area contributed by atoms with Gasteiger partial charge in [-0.2, -0.15) is 0 Å². The van der Waals surface area contributed by atoms with Gasteiger partial charge in [-0.1, -0.05) is 6.07 Å². The minimum Gasteiger partial charge on any atom is -0.295 e. The summed E-state index contributed by atoms with van der Waals surface area (Å²) in [6.07, 6.45) is 5.52. The number of aryl methyl sites for hydroxylation is 1. The maximum atomic E-state index is 4.33. The summed E-state index contributed by atoms with van der Waals surface area (Å²) in [6, 6.07) is 8.63. The molecule has 0 aliphatic heterocycles. The first kappa shape index (κ1) is 12.7. The largest absolute Gasteiger partial charge is 0.295 e. The summed E-state index contributed by atoms with van der Waals surface area (Å²) in [7, 11) is 2.14. The summed E-state index contributed by atoms with van der Waals surface area (Å²) in [5, 5.41) is 0. The van der Waals surface area contributed by atoms with Gasteiger partial charge in [0.1, 0.15) is 0 Å². The van der Waals surface area contributed by atoms with Gasteiger partial charge in [-0.15, -0.1) is 0 Å². The van der Waals surface area contributed by atoms with Crippen molar-refractivity contribution in [2.75, 3.05) is 7.05 Å². The molecule has 0 bridgehead atoms. The van der Waals surface area contributed by atoms with E-state index in [0.717, 1.165) is 12.2 Å². The quantitative estimate of drug-likeness (QED) is 0.824. The van der Waals surface area contributed by atoms with Crippen molar-refractivity contribution in [1.82, 2.24) is 14.9 Å². The van der Waals surface area contributed by atoms with Crippen molar-refractivity contribution in [1.29, 1.82) is 0 Å². The van der Waals surface area contributed by atoms with Crippen molar-refractivity contribution in [2.24, 2.45) is 0 Å². The van der Waals surface area contributed by atoms with Crippen LogP contribution < -0.4 is 0 Å². The first-order chi connectivity index (χ1) is 8.68. The Labute approximate surface area is 109 Å². The number of hydrogen-bond acceptors (Lipinski definition) is 3.